The molecule has 112 valence electrons. The maximum Gasteiger partial charge on any atom is 0.122 e. The summed E-state index contributed by atoms with van der Waals surface area (Å²) in [4.78, 5) is 4.65. The Kier molecular flexibility index (Phi) is 4.56. The Morgan fingerprint density at radius 1 is 1.33 bits per heavy atom. The number of thiazole rings is 1. The van der Waals surface area contributed by atoms with E-state index in [2.05, 4.69) is 47.7 Å². The van der Waals surface area contributed by atoms with Crippen molar-refractivity contribution in [3.63, 3.8) is 0 Å². The van der Waals surface area contributed by atoms with Crippen LogP contribution in [0.3, 0.4) is 0 Å². The Hall–Kier alpha value is -1.39. The summed E-state index contributed by atoms with van der Waals surface area (Å²) in [7, 11) is 0. The molecule has 1 aromatic carbocycles. The van der Waals surface area contributed by atoms with Crippen molar-refractivity contribution in [2.45, 2.75) is 45.7 Å². The van der Waals surface area contributed by atoms with Crippen LogP contribution in [0.25, 0.3) is 0 Å². The van der Waals surface area contributed by atoms with Gasteiger partial charge in [0.15, 0.2) is 0 Å². The van der Waals surface area contributed by atoms with Gasteiger partial charge >= 0.3 is 0 Å². The monoisotopic (exact) mass is 302 g/mol. The normalized spacial score (nSPS) is 14.4. The summed E-state index contributed by atoms with van der Waals surface area (Å²) in [5.41, 5.74) is 3.63. The summed E-state index contributed by atoms with van der Waals surface area (Å²) in [6.07, 6.45) is 3.52. The molecule has 1 heterocycles. The predicted molar refractivity (Wildman–Crippen MR) is 87.1 cm³/mol. The molecular formula is C17H22N2OS. The fourth-order valence-electron chi connectivity index (χ4n) is 2.29. The number of benzene rings is 1. The third-order valence-corrected chi connectivity index (χ3v) is 4.61. The first kappa shape index (κ1) is 14.5. The fourth-order valence-corrected chi connectivity index (χ4v) is 3.07. The lowest BCUT2D eigenvalue weighted by atomic mass is 10.1. The summed E-state index contributed by atoms with van der Waals surface area (Å²) in [6.45, 7) is 5.78. The highest BCUT2D eigenvalue weighted by molar-refractivity contribution is 7.09. The number of aromatic nitrogens is 1. The molecule has 4 heteroatoms. The Bertz CT molecular complexity index is 605. The molecule has 2 aromatic rings. The standard InChI is InChI=1S/C17H22N2OS/c1-12-3-6-16(13(2)9-12)20-8-7-17-19-15(11-21-17)10-18-14-4-5-14/h3,6,9,11,14,18H,4-5,7-8,10H2,1-2H3. The van der Waals surface area contributed by atoms with Gasteiger partial charge in [-0.3, -0.25) is 0 Å². The van der Waals surface area contributed by atoms with Crippen LogP contribution >= 0.6 is 11.3 Å². The van der Waals surface area contributed by atoms with Gasteiger partial charge in [0.25, 0.3) is 0 Å². The average molecular weight is 302 g/mol. The first-order valence-corrected chi connectivity index (χ1v) is 8.45. The van der Waals surface area contributed by atoms with Gasteiger partial charge in [0.05, 0.1) is 17.3 Å². The topological polar surface area (TPSA) is 34.1 Å². The van der Waals surface area contributed by atoms with Crippen molar-refractivity contribution in [2.24, 2.45) is 0 Å². The van der Waals surface area contributed by atoms with Crippen LogP contribution in [0.15, 0.2) is 23.6 Å². The van der Waals surface area contributed by atoms with Crippen LogP contribution in [-0.2, 0) is 13.0 Å². The van der Waals surface area contributed by atoms with E-state index in [1.807, 2.05) is 0 Å². The molecule has 0 unspecified atom stereocenters. The minimum atomic E-state index is 0.687. The zero-order valence-electron chi connectivity index (χ0n) is 12.7. The highest BCUT2D eigenvalue weighted by atomic mass is 32.1. The van der Waals surface area contributed by atoms with Crippen molar-refractivity contribution in [3.05, 3.63) is 45.4 Å². The van der Waals surface area contributed by atoms with Crippen molar-refractivity contribution < 1.29 is 4.74 Å². The minimum Gasteiger partial charge on any atom is -0.493 e. The number of hydrogen-bond donors (Lipinski definition) is 1. The summed E-state index contributed by atoms with van der Waals surface area (Å²) in [5.74, 6) is 0.979. The number of nitrogens with one attached hydrogen (secondary N) is 1. The molecule has 0 aliphatic heterocycles. The number of rotatable bonds is 7. The van der Waals surface area contributed by atoms with Gasteiger partial charge in [-0.25, -0.2) is 4.98 Å². The quantitative estimate of drug-likeness (QED) is 0.848. The van der Waals surface area contributed by atoms with Gasteiger partial charge in [0.2, 0.25) is 0 Å². The molecule has 1 aromatic heterocycles. The van der Waals surface area contributed by atoms with E-state index < -0.39 is 0 Å². The third-order valence-electron chi connectivity index (χ3n) is 3.65. The molecule has 0 atom stereocenters. The first-order valence-electron chi connectivity index (χ1n) is 7.57. The Labute approximate surface area is 130 Å². The van der Waals surface area contributed by atoms with Crippen LogP contribution < -0.4 is 10.1 Å². The van der Waals surface area contributed by atoms with Crippen LogP contribution in [0.1, 0.15) is 34.7 Å². The number of hydrogen-bond acceptors (Lipinski definition) is 4. The summed E-state index contributed by atoms with van der Waals surface area (Å²) in [5, 5.41) is 6.81. The molecular weight excluding hydrogens is 280 g/mol. The van der Waals surface area contributed by atoms with Gasteiger partial charge in [-0.05, 0) is 38.3 Å². The van der Waals surface area contributed by atoms with Crippen molar-refractivity contribution >= 4 is 11.3 Å². The molecule has 1 fully saturated rings. The van der Waals surface area contributed by atoms with Crippen molar-refractivity contribution in [2.75, 3.05) is 6.61 Å². The Balaban J connectivity index is 1.46. The van der Waals surface area contributed by atoms with Crippen molar-refractivity contribution in [1.82, 2.24) is 10.3 Å². The lowest BCUT2D eigenvalue weighted by molar-refractivity contribution is 0.319. The third kappa shape index (κ3) is 4.29. The second-order valence-electron chi connectivity index (χ2n) is 5.76. The molecule has 21 heavy (non-hydrogen) atoms. The molecule has 0 spiro atoms. The molecule has 0 saturated heterocycles. The first-order chi connectivity index (χ1) is 10.2. The zero-order chi connectivity index (χ0) is 14.7. The second-order valence-corrected chi connectivity index (χ2v) is 6.70. The molecule has 1 aliphatic rings. The molecule has 0 amide bonds. The summed E-state index contributed by atoms with van der Waals surface area (Å²) >= 11 is 1.73. The maximum absolute atomic E-state index is 5.86. The SMILES string of the molecule is Cc1ccc(OCCc2nc(CNC3CC3)cs2)c(C)c1. The van der Waals surface area contributed by atoms with E-state index in [0.29, 0.717) is 6.61 Å². The van der Waals surface area contributed by atoms with Crippen LogP contribution in [0.2, 0.25) is 0 Å². The van der Waals surface area contributed by atoms with E-state index in [9.17, 15) is 0 Å². The summed E-state index contributed by atoms with van der Waals surface area (Å²) < 4.78 is 5.86. The van der Waals surface area contributed by atoms with Gasteiger partial charge in [0, 0.05) is 24.4 Å². The van der Waals surface area contributed by atoms with Crippen molar-refractivity contribution in [3.8, 4) is 5.75 Å². The highest BCUT2D eigenvalue weighted by Gasteiger charge is 2.20. The van der Waals surface area contributed by atoms with E-state index in [1.54, 1.807) is 11.3 Å². The maximum atomic E-state index is 5.86. The molecule has 0 radical (unpaired) electrons. The van der Waals surface area contributed by atoms with Gasteiger partial charge in [-0.2, -0.15) is 0 Å². The largest absolute Gasteiger partial charge is 0.493 e. The Morgan fingerprint density at radius 3 is 2.95 bits per heavy atom. The molecule has 1 saturated carbocycles. The zero-order valence-corrected chi connectivity index (χ0v) is 13.5. The second kappa shape index (κ2) is 6.58. The van der Waals surface area contributed by atoms with Gasteiger partial charge in [0.1, 0.15) is 5.75 Å². The van der Waals surface area contributed by atoms with Crippen LogP contribution in [0, 0.1) is 13.8 Å². The highest BCUT2D eigenvalue weighted by Crippen LogP contribution is 2.21. The fraction of sp³-hybridized carbons (Fsp3) is 0.471. The molecule has 3 rings (SSSR count). The van der Waals surface area contributed by atoms with Crippen LogP contribution in [0.4, 0.5) is 0 Å². The van der Waals surface area contributed by atoms with Crippen LogP contribution in [0.5, 0.6) is 5.75 Å². The molecule has 0 bridgehead atoms. The predicted octanol–water partition coefficient (Wildman–Crippen LogP) is 3.63. The minimum absolute atomic E-state index is 0.687. The van der Waals surface area contributed by atoms with E-state index in [1.165, 1.54) is 24.0 Å². The summed E-state index contributed by atoms with van der Waals surface area (Å²) in [6, 6.07) is 7.04. The van der Waals surface area contributed by atoms with E-state index in [0.717, 1.165) is 35.5 Å². The smallest absolute Gasteiger partial charge is 0.122 e. The number of aryl methyl sites for hydroxylation is 2. The van der Waals surface area contributed by atoms with Gasteiger partial charge in [-0.15, -0.1) is 11.3 Å². The lowest BCUT2D eigenvalue weighted by Gasteiger charge is -2.08. The Morgan fingerprint density at radius 2 is 2.19 bits per heavy atom. The van der Waals surface area contributed by atoms with Gasteiger partial charge in [-0.1, -0.05) is 17.7 Å². The van der Waals surface area contributed by atoms with Gasteiger partial charge < -0.3 is 10.1 Å². The molecule has 3 nitrogen and oxygen atoms in total. The molecule has 1 aliphatic carbocycles. The molecule has 1 N–H and O–H groups in total. The average Bonchev–Trinajstić information content (AvgIpc) is 3.18. The number of ether oxygens (including phenoxy) is 1. The van der Waals surface area contributed by atoms with Crippen LogP contribution in [-0.4, -0.2) is 17.6 Å². The number of nitrogens with zero attached hydrogens (tertiary/aromatic N) is 1. The lowest BCUT2D eigenvalue weighted by Crippen LogP contribution is -2.15. The van der Waals surface area contributed by atoms with E-state index in [-0.39, 0.29) is 0 Å². The van der Waals surface area contributed by atoms with E-state index >= 15 is 0 Å². The van der Waals surface area contributed by atoms with Crippen molar-refractivity contribution in [1.29, 1.82) is 0 Å². The van der Waals surface area contributed by atoms with E-state index in [4.69, 9.17) is 4.74 Å².